The Morgan fingerprint density at radius 2 is 1.74 bits per heavy atom. The predicted molar refractivity (Wildman–Crippen MR) is 86.7 cm³/mol. The molecule has 0 saturated carbocycles. The summed E-state index contributed by atoms with van der Waals surface area (Å²) in [5, 5.41) is 2.61. The topological polar surface area (TPSA) is 66.5 Å². The summed E-state index contributed by atoms with van der Waals surface area (Å²) in [6.07, 6.45) is 0. The van der Waals surface area contributed by atoms with Crippen LogP contribution in [0.5, 0.6) is 0 Å². The first-order chi connectivity index (χ1) is 10.7. The summed E-state index contributed by atoms with van der Waals surface area (Å²) in [6.45, 7) is 0. The Morgan fingerprint density at radius 3 is 2.26 bits per heavy atom. The van der Waals surface area contributed by atoms with Gasteiger partial charge in [0.25, 0.3) is 5.91 Å². The van der Waals surface area contributed by atoms with Crippen molar-refractivity contribution in [2.24, 2.45) is 0 Å². The number of nitrogens with one attached hydrogen (secondary N) is 1. The maximum atomic E-state index is 13.0. The summed E-state index contributed by atoms with van der Waals surface area (Å²) in [7, 11) is -0.705. The van der Waals surface area contributed by atoms with Gasteiger partial charge >= 0.3 is 0 Å². The zero-order chi connectivity index (χ0) is 17.2. The highest BCUT2D eigenvalue weighted by Gasteiger charge is 2.17. The van der Waals surface area contributed by atoms with Crippen LogP contribution in [0.25, 0.3) is 0 Å². The molecule has 0 fully saturated rings. The summed E-state index contributed by atoms with van der Waals surface area (Å²) in [4.78, 5) is 12.2. The van der Waals surface area contributed by atoms with Crippen LogP contribution in [-0.2, 0) is 10.0 Å². The second-order valence-electron chi connectivity index (χ2n) is 4.89. The fourth-order valence-corrected chi connectivity index (χ4v) is 2.89. The van der Waals surface area contributed by atoms with E-state index in [0.29, 0.717) is 0 Å². The third-order valence-electron chi connectivity index (χ3n) is 3.07. The van der Waals surface area contributed by atoms with Gasteiger partial charge in [0, 0.05) is 19.7 Å². The minimum atomic E-state index is -3.55. The molecule has 122 valence electrons. The minimum absolute atomic E-state index is 0.0742. The molecule has 1 N–H and O–H groups in total. The molecule has 0 aliphatic heterocycles. The molecule has 0 aliphatic rings. The van der Waals surface area contributed by atoms with Crippen molar-refractivity contribution >= 4 is 33.2 Å². The van der Waals surface area contributed by atoms with E-state index >= 15 is 0 Å². The Labute approximate surface area is 138 Å². The van der Waals surface area contributed by atoms with Gasteiger partial charge in [-0.1, -0.05) is 11.6 Å². The maximum absolute atomic E-state index is 13.0. The van der Waals surface area contributed by atoms with Gasteiger partial charge < -0.3 is 5.32 Å². The first-order valence-electron chi connectivity index (χ1n) is 6.51. The number of hydrogen-bond donors (Lipinski definition) is 1. The molecule has 8 heteroatoms. The smallest absolute Gasteiger partial charge is 0.255 e. The van der Waals surface area contributed by atoms with E-state index < -0.39 is 21.7 Å². The van der Waals surface area contributed by atoms with Gasteiger partial charge in [-0.15, -0.1) is 0 Å². The molecule has 0 aromatic heterocycles. The number of carbonyl (C=O) groups is 1. The van der Waals surface area contributed by atoms with E-state index in [2.05, 4.69) is 5.32 Å². The lowest BCUT2D eigenvalue weighted by Crippen LogP contribution is -2.22. The van der Waals surface area contributed by atoms with Crippen LogP contribution in [0.2, 0.25) is 5.02 Å². The molecule has 2 aromatic carbocycles. The minimum Gasteiger partial charge on any atom is -0.321 e. The predicted octanol–water partition coefficient (Wildman–Crippen LogP) is 2.98. The van der Waals surface area contributed by atoms with Crippen LogP contribution in [0.3, 0.4) is 0 Å². The molecule has 0 bridgehead atoms. The van der Waals surface area contributed by atoms with Gasteiger partial charge in [-0.05, 0) is 42.5 Å². The molecule has 0 saturated heterocycles. The number of nitrogens with zero attached hydrogens (tertiary/aromatic N) is 1. The molecular weight excluding hydrogens is 343 g/mol. The van der Waals surface area contributed by atoms with Crippen LogP contribution in [-0.4, -0.2) is 32.7 Å². The number of anilines is 1. The van der Waals surface area contributed by atoms with E-state index in [-0.39, 0.29) is 21.2 Å². The number of sulfonamides is 1. The first kappa shape index (κ1) is 17.4. The molecule has 1 amide bonds. The number of carbonyl (C=O) groups excluding carboxylic acids is 1. The Balaban J connectivity index is 2.21. The Bertz CT molecular complexity index is 836. The van der Waals surface area contributed by atoms with Crippen molar-refractivity contribution in [3.8, 4) is 0 Å². The SMILES string of the molecule is CN(C)S(=O)(=O)c1ccc(C(=O)Nc2ccc(F)cc2Cl)cc1. The van der Waals surface area contributed by atoms with E-state index in [1.54, 1.807) is 0 Å². The van der Waals surface area contributed by atoms with E-state index in [1.165, 1.54) is 50.5 Å². The van der Waals surface area contributed by atoms with Crippen molar-refractivity contribution in [2.45, 2.75) is 4.90 Å². The maximum Gasteiger partial charge on any atom is 0.255 e. The summed E-state index contributed by atoms with van der Waals surface area (Å²) >= 11 is 5.84. The molecule has 0 aliphatic carbocycles. The standard InChI is InChI=1S/C15H14ClFN2O3S/c1-19(2)23(21,22)12-6-3-10(4-7-12)15(20)18-14-8-5-11(17)9-13(14)16/h3-9H,1-2H3,(H,18,20). The number of benzene rings is 2. The van der Waals surface area contributed by atoms with Crippen molar-refractivity contribution in [3.05, 3.63) is 58.9 Å². The fourth-order valence-electron chi connectivity index (χ4n) is 1.77. The summed E-state index contributed by atoms with van der Waals surface area (Å²) < 4.78 is 38.0. The lowest BCUT2D eigenvalue weighted by atomic mass is 10.2. The second kappa shape index (κ2) is 6.66. The fraction of sp³-hybridized carbons (Fsp3) is 0.133. The molecule has 2 aromatic rings. The van der Waals surface area contributed by atoms with Crippen LogP contribution in [0.15, 0.2) is 47.4 Å². The molecular formula is C15H14ClFN2O3S. The van der Waals surface area contributed by atoms with Crippen molar-refractivity contribution in [1.29, 1.82) is 0 Å². The largest absolute Gasteiger partial charge is 0.321 e. The van der Waals surface area contributed by atoms with Crippen LogP contribution in [0.1, 0.15) is 10.4 Å². The first-order valence-corrected chi connectivity index (χ1v) is 8.32. The van der Waals surface area contributed by atoms with Gasteiger partial charge in [0.1, 0.15) is 5.82 Å². The second-order valence-corrected chi connectivity index (χ2v) is 7.45. The van der Waals surface area contributed by atoms with Crippen molar-refractivity contribution < 1.29 is 17.6 Å². The number of hydrogen-bond acceptors (Lipinski definition) is 3. The third kappa shape index (κ3) is 3.87. The van der Waals surface area contributed by atoms with E-state index in [1.807, 2.05) is 0 Å². The molecule has 0 atom stereocenters. The summed E-state index contributed by atoms with van der Waals surface area (Å²) in [5.74, 6) is -0.987. The van der Waals surface area contributed by atoms with Crippen molar-refractivity contribution in [1.82, 2.24) is 4.31 Å². The molecule has 5 nitrogen and oxygen atoms in total. The molecule has 0 radical (unpaired) electrons. The molecule has 23 heavy (non-hydrogen) atoms. The van der Waals surface area contributed by atoms with Gasteiger partial charge in [-0.25, -0.2) is 17.1 Å². The lowest BCUT2D eigenvalue weighted by molar-refractivity contribution is 0.102. The van der Waals surface area contributed by atoms with Gasteiger partial charge in [-0.2, -0.15) is 0 Å². The number of rotatable bonds is 4. The van der Waals surface area contributed by atoms with E-state index in [4.69, 9.17) is 11.6 Å². The van der Waals surface area contributed by atoms with Crippen LogP contribution >= 0.6 is 11.6 Å². The Morgan fingerprint density at radius 1 is 1.13 bits per heavy atom. The van der Waals surface area contributed by atoms with Crippen molar-refractivity contribution in [3.63, 3.8) is 0 Å². The Kier molecular flexibility index (Phi) is 5.03. The van der Waals surface area contributed by atoms with E-state index in [0.717, 1.165) is 10.4 Å². The normalized spacial score (nSPS) is 11.5. The lowest BCUT2D eigenvalue weighted by Gasteiger charge is -2.12. The highest BCUT2D eigenvalue weighted by Crippen LogP contribution is 2.23. The monoisotopic (exact) mass is 356 g/mol. The van der Waals surface area contributed by atoms with Gasteiger partial charge in [0.05, 0.1) is 15.6 Å². The summed E-state index contributed by atoms with van der Waals surface area (Å²) in [6, 6.07) is 9.08. The van der Waals surface area contributed by atoms with Gasteiger partial charge in [-0.3, -0.25) is 4.79 Å². The average Bonchev–Trinajstić information content (AvgIpc) is 2.50. The highest BCUT2D eigenvalue weighted by atomic mass is 35.5. The Hall–Kier alpha value is -1.96. The third-order valence-corrected chi connectivity index (χ3v) is 5.22. The van der Waals surface area contributed by atoms with E-state index in [9.17, 15) is 17.6 Å². The molecule has 0 spiro atoms. The quantitative estimate of drug-likeness (QED) is 0.915. The van der Waals surface area contributed by atoms with Crippen LogP contribution in [0, 0.1) is 5.82 Å². The van der Waals surface area contributed by atoms with Gasteiger partial charge in [0.15, 0.2) is 0 Å². The zero-order valence-electron chi connectivity index (χ0n) is 12.4. The summed E-state index contributed by atoms with van der Waals surface area (Å²) in [5.41, 5.74) is 0.520. The number of halogens is 2. The van der Waals surface area contributed by atoms with Crippen molar-refractivity contribution in [2.75, 3.05) is 19.4 Å². The molecule has 2 rings (SSSR count). The molecule has 0 unspecified atom stereocenters. The van der Waals surface area contributed by atoms with Crippen LogP contribution < -0.4 is 5.32 Å². The van der Waals surface area contributed by atoms with Gasteiger partial charge in [0.2, 0.25) is 10.0 Å². The zero-order valence-corrected chi connectivity index (χ0v) is 14.0. The molecule has 0 heterocycles. The van der Waals surface area contributed by atoms with Crippen LogP contribution in [0.4, 0.5) is 10.1 Å². The average molecular weight is 357 g/mol. The highest BCUT2D eigenvalue weighted by molar-refractivity contribution is 7.89. The number of amides is 1.